The zero-order chi connectivity index (χ0) is 15.4. The first-order chi connectivity index (χ1) is 10.1. The smallest absolute Gasteiger partial charge is 0.230 e. The molecular weight excluding hydrogens is 266 g/mol. The summed E-state index contributed by atoms with van der Waals surface area (Å²) in [6.07, 6.45) is 0.737. The number of morpholine rings is 1. The highest BCUT2D eigenvalue weighted by Gasteiger charge is 2.32. The van der Waals surface area contributed by atoms with Crippen molar-refractivity contribution in [2.75, 3.05) is 19.8 Å². The van der Waals surface area contributed by atoms with E-state index in [4.69, 9.17) is 4.74 Å². The molecule has 4 nitrogen and oxygen atoms in total. The highest BCUT2D eigenvalue weighted by atomic mass is 16.5. The van der Waals surface area contributed by atoms with Gasteiger partial charge in [-0.2, -0.15) is 0 Å². The summed E-state index contributed by atoms with van der Waals surface area (Å²) < 4.78 is 5.49. The zero-order valence-electron chi connectivity index (χ0n) is 13.1. The molecule has 3 atom stereocenters. The Morgan fingerprint density at radius 1 is 1.43 bits per heavy atom. The van der Waals surface area contributed by atoms with Crippen LogP contribution in [0.3, 0.4) is 0 Å². The van der Waals surface area contributed by atoms with Crippen molar-refractivity contribution in [1.29, 1.82) is 0 Å². The SMILES string of the molecule is CCc1ccc(C(C)C(=O)N2CC(CO)OCC2C)cc1. The molecule has 1 N–H and O–H groups in total. The number of nitrogens with zero attached hydrogens (tertiary/aromatic N) is 1. The van der Waals surface area contributed by atoms with E-state index >= 15 is 0 Å². The number of ether oxygens (including phenoxy) is 1. The summed E-state index contributed by atoms with van der Waals surface area (Å²) in [4.78, 5) is 14.5. The number of hydrogen-bond acceptors (Lipinski definition) is 3. The summed E-state index contributed by atoms with van der Waals surface area (Å²) in [7, 11) is 0. The first-order valence-corrected chi connectivity index (χ1v) is 7.68. The van der Waals surface area contributed by atoms with Gasteiger partial charge in [0.25, 0.3) is 0 Å². The first-order valence-electron chi connectivity index (χ1n) is 7.68. The van der Waals surface area contributed by atoms with Crippen LogP contribution in [0.4, 0.5) is 0 Å². The molecule has 21 heavy (non-hydrogen) atoms. The molecule has 0 spiro atoms. The number of aliphatic hydroxyl groups excluding tert-OH is 1. The summed E-state index contributed by atoms with van der Waals surface area (Å²) >= 11 is 0. The van der Waals surface area contributed by atoms with Crippen LogP contribution in [0.1, 0.15) is 37.8 Å². The predicted octanol–water partition coefficient (Wildman–Crippen LogP) is 1.96. The molecule has 1 saturated heterocycles. The third-order valence-corrected chi connectivity index (χ3v) is 4.25. The maximum Gasteiger partial charge on any atom is 0.230 e. The molecule has 0 aromatic heterocycles. The highest BCUT2D eigenvalue weighted by molar-refractivity contribution is 5.83. The summed E-state index contributed by atoms with van der Waals surface area (Å²) in [5, 5.41) is 9.23. The first kappa shape index (κ1) is 16.0. The van der Waals surface area contributed by atoms with E-state index in [2.05, 4.69) is 19.1 Å². The van der Waals surface area contributed by atoms with Crippen LogP contribution in [-0.2, 0) is 16.0 Å². The second kappa shape index (κ2) is 7.05. The molecular formula is C17H25NO3. The Balaban J connectivity index is 2.09. The van der Waals surface area contributed by atoms with Gasteiger partial charge < -0.3 is 14.7 Å². The number of aryl methyl sites for hydroxylation is 1. The minimum Gasteiger partial charge on any atom is -0.394 e. The van der Waals surface area contributed by atoms with Gasteiger partial charge in [-0.25, -0.2) is 0 Å². The van der Waals surface area contributed by atoms with E-state index in [1.54, 1.807) is 0 Å². The summed E-state index contributed by atoms with van der Waals surface area (Å²) in [5.74, 6) is -0.0655. The quantitative estimate of drug-likeness (QED) is 0.922. The van der Waals surface area contributed by atoms with Crippen LogP contribution in [0.2, 0.25) is 0 Å². The summed E-state index contributed by atoms with van der Waals surface area (Å²) in [6.45, 7) is 6.95. The van der Waals surface area contributed by atoms with Crippen molar-refractivity contribution in [3.63, 3.8) is 0 Å². The number of hydrogen-bond donors (Lipinski definition) is 1. The molecule has 0 radical (unpaired) electrons. The van der Waals surface area contributed by atoms with Crippen LogP contribution in [0.5, 0.6) is 0 Å². The lowest BCUT2D eigenvalue weighted by Crippen LogP contribution is -2.53. The van der Waals surface area contributed by atoms with Crippen molar-refractivity contribution < 1.29 is 14.6 Å². The number of rotatable bonds is 4. The van der Waals surface area contributed by atoms with Crippen LogP contribution < -0.4 is 0 Å². The normalized spacial score (nSPS) is 23.9. The Morgan fingerprint density at radius 3 is 2.67 bits per heavy atom. The Hall–Kier alpha value is -1.39. The van der Waals surface area contributed by atoms with Gasteiger partial charge in [-0.3, -0.25) is 4.79 Å². The Bertz CT molecular complexity index is 471. The number of amides is 1. The molecule has 3 unspecified atom stereocenters. The van der Waals surface area contributed by atoms with Crippen molar-refractivity contribution in [3.8, 4) is 0 Å². The van der Waals surface area contributed by atoms with Gasteiger partial charge >= 0.3 is 0 Å². The third kappa shape index (κ3) is 3.63. The fourth-order valence-corrected chi connectivity index (χ4v) is 2.67. The molecule has 4 heteroatoms. The molecule has 1 fully saturated rings. The van der Waals surface area contributed by atoms with Crippen molar-refractivity contribution in [2.45, 2.75) is 45.3 Å². The fraction of sp³-hybridized carbons (Fsp3) is 0.588. The lowest BCUT2D eigenvalue weighted by Gasteiger charge is -2.38. The van der Waals surface area contributed by atoms with Gasteiger partial charge in [-0.15, -0.1) is 0 Å². The van der Waals surface area contributed by atoms with Crippen molar-refractivity contribution in [3.05, 3.63) is 35.4 Å². The molecule has 116 valence electrons. The van der Waals surface area contributed by atoms with Crippen LogP contribution in [0.25, 0.3) is 0 Å². The van der Waals surface area contributed by atoms with Crippen molar-refractivity contribution in [1.82, 2.24) is 4.90 Å². The van der Waals surface area contributed by atoms with E-state index in [9.17, 15) is 9.90 Å². The molecule has 1 aliphatic rings. The minimum absolute atomic E-state index is 0.0456. The Labute approximate surface area is 126 Å². The third-order valence-electron chi connectivity index (χ3n) is 4.25. The maximum atomic E-state index is 12.7. The van der Waals surface area contributed by atoms with E-state index in [1.165, 1.54) is 5.56 Å². The van der Waals surface area contributed by atoms with Crippen molar-refractivity contribution >= 4 is 5.91 Å². The van der Waals surface area contributed by atoms with E-state index in [0.717, 1.165) is 12.0 Å². The Morgan fingerprint density at radius 2 is 2.10 bits per heavy atom. The van der Waals surface area contributed by atoms with E-state index < -0.39 is 0 Å². The van der Waals surface area contributed by atoms with E-state index in [1.807, 2.05) is 30.9 Å². The molecule has 1 aliphatic heterocycles. The molecule has 2 rings (SSSR count). The van der Waals surface area contributed by atoms with Gasteiger partial charge in [0.1, 0.15) is 0 Å². The monoisotopic (exact) mass is 291 g/mol. The molecule has 1 aromatic rings. The van der Waals surface area contributed by atoms with Crippen LogP contribution in [-0.4, -0.2) is 47.8 Å². The molecule has 1 aromatic carbocycles. The highest BCUT2D eigenvalue weighted by Crippen LogP contribution is 2.22. The van der Waals surface area contributed by atoms with Crippen LogP contribution in [0.15, 0.2) is 24.3 Å². The van der Waals surface area contributed by atoms with Gasteiger partial charge in [0.15, 0.2) is 0 Å². The topological polar surface area (TPSA) is 49.8 Å². The molecule has 0 saturated carbocycles. The summed E-state index contributed by atoms with van der Waals surface area (Å²) in [5.41, 5.74) is 2.31. The lowest BCUT2D eigenvalue weighted by molar-refractivity contribution is -0.147. The van der Waals surface area contributed by atoms with Crippen LogP contribution in [0, 0.1) is 0 Å². The average molecular weight is 291 g/mol. The van der Waals surface area contributed by atoms with E-state index in [0.29, 0.717) is 13.2 Å². The molecule has 1 heterocycles. The average Bonchev–Trinajstić information content (AvgIpc) is 2.54. The van der Waals surface area contributed by atoms with Gasteiger partial charge in [0, 0.05) is 6.54 Å². The molecule has 1 amide bonds. The number of benzene rings is 1. The zero-order valence-corrected chi connectivity index (χ0v) is 13.1. The van der Waals surface area contributed by atoms with Crippen molar-refractivity contribution in [2.24, 2.45) is 0 Å². The standard InChI is InChI=1S/C17H25NO3/c1-4-14-5-7-15(8-6-14)13(3)17(20)18-9-16(10-19)21-11-12(18)2/h5-8,12-13,16,19H,4,9-11H2,1-3H3. The fourth-order valence-electron chi connectivity index (χ4n) is 2.67. The summed E-state index contributed by atoms with van der Waals surface area (Å²) in [6, 6.07) is 8.29. The Kier molecular flexibility index (Phi) is 5.37. The lowest BCUT2D eigenvalue weighted by atomic mass is 9.97. The van der Waals surface area contributed by atoms with E-state index in [-0.39, 0.29) is 30.6 Å². The van der Waals surface area contributed by atoms with Crippen LogP contribution >= 0.6 is 0 Å². The molecule has 0 aliphatic carbocycles. The second-order valence-electron chi connectivity index (χ2n) is 5.79. The number of aliphatic hydroxyl groups is 1. The predicted molar refractivity (Wildman–Crippen MR) is 82.2 cm³/mol. The molecule has 0 bridgehead atoms. The van der Waals surface area contributed by atoms with Gasteiger partial charge in [-0.05, 0) is 31.4 Å². The minimum atomic E-state index is -0.264. The maximum absolute atomic E-state index is 12.7. The van der Waals surface area contributed by atoms with Gasteiger partial charge in [0.05, 0.1) is 31.3 Å². The number of carbonyl (C=O) groups excluding carboxylic acids is 1. The second-order valence-corrected chi connectivity index (χ2v) is 5.79. The number of carbonyl (C=O) groups is 1. The van der Waals surface area contributed by atoms with Gasteiger partial charge in [-0.1, -0.05) is 31.2 Å². The van der Waals surface area contributed by atoms with Gasteiger partial charge in [0.2, 0.25) is 5.91 Å². The largest absolute Gasteiger partial charge is 0.394 e.